The van der Waals surface area contributed by atoms with Crippen molar-refractivity contribution in [2.24, 2.45) is 0 Å². The Morgan fingerprint density at radius 1 is 0.957 bits per heavy atom. The Bertz CT molecular complexity index is 1700. The van der Waals surface area contributed by atoms with Crippen LogP contribution in [0.1, 0.15) is 56.5 Å². The molecule has 2 aromatic heterocycles. The van der Waals surface area contributed by atoms with Gasteiger partial charge in [0.15, 0.2) is 5.82 Å². The number of esters is 1. The van der Waals surface area contributed by atoms with Gasteiger partial charge in [-0.1, -0.05) is 55.8 Å². The number of nitrogens with zero attached hydrogens (tertiary/aromatic N) is 6. The van der Waals surface area contributed by atoms with Gasteiger partial charge < -0.3 is 24.8 Å². The van der Waals surface area contributed by atoms with Crippen LogP contribution in [0.2, 0.25) is 0 Å². The number of anilines is 1. The van der Waals surface area contributed by atoms with Crippen molar-refractivity contribution in [1.29, 1.82) is 0 Å². The van der Waals surface area contributed by atoms with Crippen LogP contribution in [0.5, 0.6) is 0 Å². The number of aryl methyl sites for hydroxylation is 2. The molecule has 0 radical (unpaired) electrons. The molecule has 1 saturated heterocycles. The fourth-order valence-corrected chi connectivity index (χ4v) is 6.34. The van der Waals surface area contributed by atoms with Crippen LogP contribution in [0.25, 0.3) is 21.9 Å². The van der Waals surface area contributed by atoms with E-state index in [1.807, 2.05) is 52.3 Å². The van der Waals surface area contributed by atoms with Crippen molar-refractivity contribution in [2.45, 2.75) is 65.5 Å². The molecule has 0 atom stereocenters. The maximum absolute atomic E-state index is 13.9. The summed E-state index contributed by atoms with van der Waals surface area (Å²) in [6.07, 6.45) is 4.69. The molecule has 1 aliphatic heterocycles. The van der Waals surface area contributed by atoms with E-state index in [2.05, 4.69) is 27.4 Å². The van der Waals surface area contributed by atoms with Crippen molar-refractivity contribution in [3.8, 4) is 0 Å². The topological polar surface area (TPSA) is 127 Å². The third kappa shape index (κ3) is 8.45. The molecule has 5 rings (SSSR count). The fraction of sp³-hybridized carbons (Fsp3) is 0.472. The number of imidazole rings is 1. The van der Waals surface area contributed by atoms with Gasteiger partial charge in [-0.2, -0.15) is 0 Å². The van der Waals surface area contributed by atoms with E-state index in [1.54, 1.807) is 6.92 Å². The zero-order valence-corrected chi connectivity index (χ0v) is 27.9. The number of rotatable bonds is 13. The molecule has 0 saturated carbocycles. The third-order valence-corrected chi connectivity index (χ3v) is 8.97. The minimum Gasteiger partial charge on any atom is -0.469 e. The van der Waals surface area contributed by atoms with Crippen molar-refractivity contribution in [1.82, 2.24) is 29.2 Å². The summed E-state index contributed by atoms with van der Waals surface area (Å²) in [5.74, 6) is 1.27. The van der Waals surface area contributed by atoms with E-state index in [-0.39, 0.29) is 24.2 Å². The van der Waals surface area contributed by atoms with Gasteiger partial charge >= 0.3 is 5.97 Å². The van der Waals surface area contributed by atoms with E-state index >= 15 is 0 Å². The van der Waals surface area contributed by atoms with E-state index in [4.69, 9.17) is 15.5 Å². The normalized spacial score (nSPS) is 14.0. The summed E-state index contributed by atoms with van der Waals surface area (Å²) < 4.78 is 7.09. The number of para-hydroxylation sites is 1. The van der Waals surface area contributed by atoms with Crippen LogP contribution >= 0.6 is 0 Å². The molecular weight excluding hydrogens is 594 g/mol. The molecule has 250 valence electrons. The van der Waals surface area contributed by atoms with Crippen molar-refractivity contribution >= 4 is 45.5 Å². The Morgan fingerprint density at radius 3 is 2.47 bits per heavy atom. The highest BCUT2D eigenvalue weighted by Crippen LogP contribution is 2.29. The number of amides is 2. The number of benzene rings is 2. The highest BCUT2D eigenvalue weighted by Gasteiger charge is 2.23. The molecule has 47 heavy (non-hydrogen) atoms. The molecule has 0 bridgehead atoms. The molecule has 11 heteroatoms. The van der Waals surface area contributed by atoms with Gasteiger partial charge in [0.2, 0.25) is 11.8 Å². The number of pyridine rings is 1. The zero-order chi connectivity index (χ0) is 33.3. The second kappa shape index (κ2) is 15.9. The number of nitrogen functional groups attached to an aromatic ring is 1. The number of hydrogen-bond acceptors (Lipinski definition) is 8. The molecule has 1 fully saturated rings. The molecule has 2 aromatic carbocycles. The molecule has 1 aliphatic rings. The van der Waals surface area contributed by atoms with Gasteiger partial charge in [0, 0.05) is 64.5 Å². The Morgan fingerprint density at radius 2 is 1.72 bits per heavy atom. The van der Waals surface area contributed by atoms with Gasteiger partial charge in [0.1, 0.15) is 11.3 Å². The van der Waals surface area contributed by atoms with Crippen molar-refractivity contribution in [3.05, 3.63) is 65.5 Å². The summed E-state index contributed by atoms with van der Waals surface area (Å²) in [4.78, 5) is 53.2. The third-order valence-electron chi connectivity index (χ3n) is 8.97. The second-order valence-electron chi connectivity index (χ2n) is 12.4. The van der Waals surface area contributed by atoms with E-state index < -0.39 is 0 Å². The highest BCUT2D eigenvalue weighted by atomic mass is 16.5. The SMILES string of the molecule is CCCCc1nc2c(N)nc3ccccc3c2n1CCCN(Cc1ccc(CC(=O)OC)cc1)C(=O)CN1CCCN(C(C)=O)CC1. The van der Waals surface area contributed by atoms with Gasteiger partial charge in [-0.15, -0.1) is 0 Å². The quantitative estimate of drug-likeness (QED) is 0.215. The molecule has 0 unspecified atom stereocenters. The number of hydrogen-bond donors (Lipinski definition) is 1. The molecule has 2 amide bonds. The standard InChI is InChI=1S/C36H47N7O4/c1-4-5-12-31-39-34-35(29-10-6-7-11-30(29)38-36(34)37)43(31)20-9-19-42(24-28-15-13-27(14-16-28)23-33(46)47-3)32(45)25-40-17-8-18-41(22-21-40)26(2)44/h6-7,10-11,13-16H,4-5,8-9,12,17-25H2,1-3H3,(H2,37,38). The van der Waals surface area contributed by atoms with Crippen LogP contribution in [-0.2, 0) is 45.1 Å². The minimum absolute atomic E-state index is 0.0560. The van der Waals surface area contributed by atoms with Crippen molar-refractivity contribution < 1.29 is 19.1 Å². The Labute approximate surface area is 276 Å². The van der Waals surface area contributed by atoms with E-state index in [9.17, 15) is 14.4 Å². The molecule has 2 N–H and O–H groups in total. The largest absolute Gasteiger partial charge is 0.469 e. The van der Waals surface area contributed by atoms with Crippen LogP contribution in [0.15, 0.2) is 48.5 Å². The number of methoxy groups -OCH3 is 1. The number of ether oxygens (including phenoxy) is 1. The summed E-state index contributed by atoms with van der Waals surface area (Å²) in [5.41, 5.74) is 10.8. The van der Waals surface area contributed by atoms with Gasteiger partial charge in [-0.05, 0) is 36.5 Å². The lowest BCUT2D eigenvalue weighted by molar-refractivity contribution is -0.139. The molecule has 11 nitrogen and oxygen atoms in total. The Kier molecular flexibility index (Phi) is 11.4. The van der Waals surface area contributed by atoms with Crippen LogP contribution in [-0.4, -0.2) is 93.4 Å². The lowest BCUT2D eigenvalue weighted by Crippen LogP contribution is -2.42. The smallest absolute Gasteiger partial charge is 0.309 e. The highest BCUT2D eigenvalue weighted by molar-refractivity contribution is 6.06. The zero-order valence-electron chi connectivity index (χ0n) is 27.9. The van der Waals surface area contributed by atoms with Gasteiger partial charge in [-0.3, -0.25) is 19.3 Å². The average Bonchev–Trinajstić information content (AvgIpc) is 3.26. The first-order valence-corrected chi connectivity index (χ1v) is 16.7. The van der Waals surface area contributed by atoms with Crippen molar-refractivity contribution in [2.75, 3.05) is 52.1 Å². The summed E-state index contributed by atoms with van der Waals surface area (Å²) >= 11 is 0. The monoisotopic (exact) mass is 641 g/mol. The van der Waals surface area contributed by atoms with E-state index in [1.165, 1.54) is 7.11 Å². The predicted octanol–water partition coefficient (Wildman–Crippen LogP) is 4.20. The Hall–Kier alpha value is -4.51. The lowest BCUT2D eigenvalue weighted by atomic mass is 10.1. The number of fused-ring (bicyclic) bond motifs is 3. The summed E-state index contributed by atoms with van der Waals surface area (Å²) in [5, 5.41) is 1.02. The van der Waals surface area contributed by atoms with Crippen LogP contribution in [0, 0.1) is 0 Å². The number of nitrogens with two attached hydrogens (primary N) is 1. The number of aromatic nitrogens is 3. The Balaban J connectivity index is 1.36. The first-order valence-electron chi connectivity index (χ1n) is 16.7. The molecule has 3 heterocycles. The fourth-order valence-electron chi connectivity index (χ4n) is 6.34. The maximum atomic E-state index is 13.9. The molecule has 0 aliphatic carbocycles. The van der Waals surface area contributed by atoms with Crippen LogP contribution in [0.3, 0.4) is 0 Å². The second-order valence-corrected chi connectivity index (χ2v) is 12.4. The molecular formula is C36H47N7O4. The van der Waals surface area contributed by atoms with Crippen LogP contribution in [0.4, 0.5) is 5.82 Å². The van der Waals surface area contributed by atoms with Gasteiger partial charge in [0.05, 0.1) is 31.1 Å². The van der Waals surface area contributed by atoms with Crippen molar-refractivity contribution in [3.63, 3.8) is 0 Å². The number of unbranched alkanes of at least 4 members (excludes halogenated alkanes) is 1. The average molecular weight is 642 g/mol. The molecule has 0 spiro atoms. The van der Waals surface area contributed by atoms with Gasteiger partial charge in [-0.25, -0.2) is 9.97 Å². The lowest BCUT2D eigenvalue weighted by Gasteiger charge is -2.27. The summed E-state index contributed by atoms with van der Waals surface area (Å²) in [6, 6.07) is 15.8. The summed E-state index contributed by atoms with van der Waals surface area (Å²) in [7, 11) is 1.38. The van der Waals surface area contributed by atoms with E-state index in [0.717, 1.165) is 84.1 Å². The number of carbonyl (C=O) groups is 3. The molecule has 4 aromatic rings. The first-order chi connectivity index (χ1) is 22.8. The predicted molar refractivity (Wildman–Crippen MR) is 184 cm³/mol. The first kappa shape index (κ1) is 33.8. The van der Waals surface area contributed by atoms with Crippen LogP contribution < -0.4 is 5.73 Å². The van der Waals surface area contributed by atoms with E-state index in [0.29, 0.717) is 45.1 Å². The maximum Gasteiger partial charge on any atom is 0.309 e. The minimum atomic E-state index is -0.286. The van der Waals surface area contributed by atoms with Gasteiger partial charge in [0.25, 0.3) is 0 Å². The number of carbonyl (C=O) groups excluding carboxylic acids is 3. The summed E-state index contributed by atoms with van der Waals surface area (Å²) in [6.45, 7) is 8.56.